The van der Waals surface area contributed by atoms with Gasteiger partial charge < -0.3 is 9.29 Å². The summed E-state index contributed by atoms with van der Waals surface area (Å²) in [5.41, 5.74) is 5.60. The Kier molecular flexibility index (Phi) is 4.39. The van der Waals surface area contributed by atoms with Crippen LogP contribution in [0.1, 0.15) is 40.5 Å². The molecular weight excluding hydrogens is 420 g/mol. The molecule has 1 unspecified atom stereocenters. The Morgan fingerprint density at radius 3 is 1.94 bits per heavy atom. The van der Waals surface area contributed by atoms with E-state index in [0.29, 0.717) is 35.0 Å². The second kappa shape index (κ2) is 7.19. The van der Waals surface area contributed by atoms with Crippen molar-refractivity contribution < 1.29 is 17.7 Å². The van der Waals surface area contributed by atoms with Crippen molar-refractivity contribution in [3.05, 3.63) is 107 Å². The molecule has 0 spiro atoms. The van der Waals surface area contributed by atoms with Crippen LogP contribution in [0, 0.1) is 5.92 Å². The Morgan fingerprint density at radius 2 is 1.31 bits per heavy atom. The van der Waals surface area contributed by atoms with Crippen LogP contribution >= 0.6 is 0 Å². The SMILES string of the molecule is O=S(=O)([O-])c1ccc(OCC2CC3c4ccccc4C2c2ccccc23)c2ccccc12. The van der Waals surface area contributed by atoms with Crippen LogP contribution in [0.4, 0.5) is 0 Å². The molecule has 1 atom stereocenters. The minimum Gasteiger partial charge on any atom is -0.744 e. The van der Waals surface area contributed by atoms with Crippen LogP contribution in [-0.2, 0) is 10.1 Å². The van der Waals surface area contributed by atoms with E-state index in [1.54, 1.807) is 24.3 Å². The zero-order valence-corrected chi connectivity index (χ0v) is 18.1. The molecule has 0 aliphatic heterocycles. The molecule has 7 rings (SSSR count). The van der Waals surface area contributed by atoms with Crippen molar-refractivity contribution in [3.8, 4) is 5.75 Å². The maximum Gasteiger partial charge on any atom is 0.127 e. The fraction of sp³-hybridized carbons (Fsp3) is 0.185. The van der Waals surface area contributed by atoms with E-state index >= 15 is 0 Å². The molecule has 4 aromatic carbocycles. The molecule has 0 saturated heterocycles. The zero-order chi connectivity index (χ0) is 21.9. The molecule has 160 valence electrons. The van der Waals surface area contributed by atoms with E-state index in [4.69, 9.17) is 4.74 Å². The number of benzene rings is 4. The molecule has 4 aromatic rings. The Balaban J connectivity index is 1.36. The fourth-order valence-electron chi connectivity index (χ4n) is 5.71. The van der Waals surface area contributed by atoms with Gasteiger partial charge in [-0.05, 0) is 40.8 Å². The largest absolute Gasteiger partial charge is 0.744 e. The minimum atomic E-state index is -4.56. The van der Waals surface area contributed by atoms with Gasteiger partial charge in [0.2, 0.25) is 0 Å². The van der Waals surface area contributed by atoms with Crippen LogP contribution in [0.15, 0.2) is 89.8 Å². The maximum atomic E-state index is 11.7. The molecule has 3 aliphatic rings. The van der Waals surface area contributed by atoms with Gasteiger partial charge in [-0.2, -0.15) is 0 Å². The van der Waals surface area contributed by atoms with Gasteiger partial charge >= 0.3 is 0 Å². The summed E-state index contributed by atoms with van der Waals surface area (Å²) in [7, 11) is -4.56. The van der Waals surface area contributed by atoms with E-state index in [-0.39, 0.29) is 10.8 Å². The molecular formula is C27H21O4S-. The lowest BCUT2D eigenvalue weighted by Gasteiger charge is -2.45. The van der Waals surface area contributed by atoms with Crippen molar-refractivity contribution >= 4 is 20.9 Å². The highest BCUT2D eigenvalue weighted by atomic mass is 32.2. The third-order valence-corrected chi connectivity index (χ3v) is 7.88. The highest BCUT2D eigenvalue weighted by Crippen LogP contribution is 2.55. The first-order valence-electron chi connectivity index (χ1n) is 10.8. The summed E-state index contributed by atoms with van der Waals surface area (Å²) < 4.78 is 41.4. The van der Waals surface area contributed by atoms with E-state index < -0.39 is 10.1 Å². The van der Waals surface area contributed by atoms with Crippen LogP contribution in [0.2, 0.25) is 0 Å². The highest BCUT2D eigenvalue weighted by molar-refractivity contribution is 7.86. The van der Waals surface area contributed by atoms with Crippen LogP contribution in [0.25, 0.3) is 10.8 Å². The standard InChI is InChI=1S/C27H22O4S/c28-32(29,30)26-14-13-25(20-9-3-4-10-21(20)26)31-16-17-15-24-18-7-1-5-11-22(18)27(17)23-12-6-2-8-19(23)24/h1-14,17,24,27H,15-16H2,(H,28,29,30)/p-1. The number of fused-ring (bicyclic) bond motifs is 2. The van der Waals surface area contributed by atoms with Gasteiger partial charge in [0.15, 0.2) is 0 Å². The molecule has 0 heterocycles. The summed E-state index contributed by atoms with van der Waals surface area (Å²) in [5.74, 6) is 1.56. The van der Waals surface area contributed by atoms with Crippen molar-refractivity contribution in [2.75, 3.05) is 6.61 Å². The molecule has 4 nitrogen and oxygen atoms in total. The summed E-state index contributed by atoms with van der Waals surface area (Å²) >= 11 is 0. The average molecular weight is 442 g/mol. The van der Waals surface area contributed by atoms with Gasteiger partial charge in [-0.3, -0.25) is 0 Å². The second-order valence-electron chi connectivity index (χ2n) is 8.66. The lowest BCUT2D eigenvalue weighted by atomic mass is 9.59. The first-order chi connectivity index (χ1) is 15.5. The van der Waals surface area contributed by atoms with E-state index in [1.807, 2.05) is 6.07 Å². The Labute approximate surface area is 187 Å². The predicted octanol–water partition coefficient (Wildman–Crippen LogP) is 5.42. The van der Waals surface area contributed by atoms with Crippen molar-refractivity contribution in [3.63, 3.8) is 0 Å². The summed E-state index contributed by atoms with van der Waals surface area (Å²) in [5, 5.41) is 1.05. The first-order valence-corrected chi connectivity index (χ1v) is 12.2. The molecule has 2 bridgehead atoms. The van der Waals surface area contributed by atoms with Gasteiger partial charge in [-0.25, -0.2) is 8.42 Å². The van der Waals surface area contributed by atoms with Crippen LogP contribution in [0.3, 0.4) is 0 Å². The summed E-state index contributed by atoms with van der Waals surface area (Å²) in [6.45, 7) is 0.525. The van der Waals surface area contributed by atoms with Crippen LogP contribution in [-0.4, -0.2) is 19.6 Å². The Hall–Kier alpha value is -3.15. The third kappa shape index (κ3) is 2.96. The number of hydrogen-bond acceptors (Lipinski definition) is 4. The molecule has 5 heteroatoms. The van der Waals surface area contributed by atoms with Crippen molar-refractivity contribution in [2.24, 2.45) is 5.92 Å². The van der Waals surface area contributed by atoms with Crippen LogP contribution in [0.5, 0.6) is 5.75 Å². The van der Waals surface area contributed by atoms with Crippen molar-refractivity contribution in [1.82, 2.24) is 0 Å². The molecule has 0 N–H and O–H groups in total. The summed E-state index contributed by atoms with van der Waals surface area (Å²) in [4.78, 5) is -0.208. The summed E-state index contributed by atoms with van der Waals surface area (Å²) in [6, 6.07) is 27.4. The number of ether oxygens (including phenoxy) is 1. The van der Waals surface area contributed by atoms with E-state index in [9.17, 15) is 13.0 Å². The molecule has 32 heavy (non-hydrogen) atoms. The molecule has 0 amide bonds. The summed E-state index contributed by atoms with van der Waals surface area (Å²) in [6.07, 6.45) is 1.02. The van der Waals surface area contributed by atoms with Gasteiger partial charge in [0.1, 0.15) is 15.9 Å². The van der Waals surface area contributed by atoms with Gasteiger partial charge in [0.05, 0.1) is 11.5 Å². The van der Waals surface area contributed by atoms with Crippen LogP contribution < -0.4 is 4.74 Å². The quantitative estimate of drug-likeness (QED) is 0.397. The fourth-order valence-corrected chi connectivity index (χ4v) is 6.39. The third-order valence-electron chi connectivity index (χ3n) is 6.99. The number of rotatable bonds is 4. The lowest BCUT2D eigenvalue weighted by molar-refractivity contribution is 0.206. The van der Waals surface area contributed by atoms with Crippen molar-refractivity contribution in [1.29, 1.82) is 0 Å². The van der Waals surface area contributed by atoms with E-state index in [2.05, 4.69) is 48.5 Å². The van der Waals surface area contributed by atoms with Gasteiger partial charge in [-0.15, -0.1) is 0 Å². The maximum absolute atomic E-state index is 11.7. The van der Waals surface area contributed by atoms with E-state index in [1.165, 1.54) is 28.3 Å². The average Bonchev–Trinajstić information content (AvgIpc) is 2.82. The highest BCUT2D eigenvalue weighted by Gasteiger charge is 2.43. The molecule has 3 aliphatic carbocycles. The van der Waals surface area contributed by atoms with Crippen molar-refractivity contribution in [2.45, 2.75) is 23.2 Å². The van der Waals surface area contributed by atoms with Gasteiger partial charge in [-0.1, -0.05) is 72.8 Å². The minimum absolute atomic E-state index is 0.208. The molecule has 0 aromatic heterocycles. The molecule has 0 fully saturated rings. The smallest absolute Gasteiger partial charge is 0.127 e. The lowest BCUT2D eigenvalue weighted by Crippen LogP contribution is -2.35. The first kappa shape index (κ1) is 19.5. The zero-order valence-electron chi connectivity index (χ0n) is 17.3. The molecule has 0 saturated carbocycles. The Bertz CT molecular complexity index is 1410. The number of hydrogen-bond donors (Lipinski definition) is 0. The second-order valence-corrected chi connectivity index (χ2v) is 10.0. The monoisotopic (exact) mass is 441 g/mol. The Morgan fingerprint density at radius 1 is 0.750 bits per heavy atom. The topological polar surface area (TPSA) is 66.4 Å². The van der Waals surface area contributed by atoms with Gasteiger partial charge in [0, 0.05) is 28.5 Å². The van der Waals surface area contributed by atoms with Gasteiger partial charge in [0.25, 0.3) is 0 Å². The van der Waals surface area contributed by atoms with E-state index in [0.717, 1.165) is 6.42 Å². The predicted molar refractivity (Wildman–Crippen MR) is 122 cm³/mol. The molecule has 0 radical (unpaired) electrons. The normalized spacial score (nSPS) is 21.2.